The van der Waals surface area contributed by atoms with Crippen LogP contribution in [0.3, 0.4) is 0 Å². The second-order valence-corrected chi connectivity index (χ2v) is 6.62. The lowest BCUT2D eigenvalue weighted by atomic mass is 10.0. The molecule has 6 heteroatoms. The van der Waals surface area contributed by atoms with Gasteiger partial charge in [-0.05, 0) is 42.7 Å². The highest BCUT2D eigenvalue weighted by Gasteiger charge is 2.36. The largest absolute Gasteiger partial charge is 0.417 e. The van der Waals surface area contributed by atoms with E-state index in [0.717, 1.165) is 22.8 Å². The molecule has 3 aromatic rings. The van der Waals surface area contributed by atoms with E-state index in [1.54, 1.807) is 24.3 Å². The van der Waals surface area contributed by atoms with Gasteiger partial charge < -0.3 is 4.57 Å². The molecule has 0 aliphatic carbocycles. The number of aryl methyl sites for hydroxylation is 2. The van der Waals surface area contributed by atoms with Crippen LogP contribution in [0, 0.1) is 25.2 Å². The molecule has 0 saturated heterocycles. The minimum Gasteiger partial charge on any atom is -0.303 e. The van der Waals surface area contributed by atoms with Crippen molar-refractivity contribution in [2.75, 3.05) is 0 Å². The first-order chi connectivity index (χ1) is 13.2. The van der Waals surface area contributed by atoms with Crippen LogP contribution in [0.4, 0.5) is 13.2 Å². The highest BCUT2D eigenvalue weighted by atomic mass is 19.4. The number of nitrogens with zero attached hydrogens (tertiary/aromatic N) is 2. The summed E-state index contributed by atoms with van der Waals surface area (Å²) in [6.45, 7) is 3.76. The van der Waals surface area contributed by atoms with Gasteiger partial charge in [0.25, 0.3) is 5.56 Å². The summed E-state index contributed by atoms with van der Waals surface area (Å²) in [6.07, 6.45) is -4.80. The number of rotatable bonds is 3. The number of hydrogen-bond acceptors (Lipinski definition) is 2. The average Bonchev–Trinajstić information content (AvgIpc) is 2.63. The van der Waals surface area contributed by atoms with E-state index in [1.165, 1.54) is 10.6 Å². The second kappa shape index (κ2) is 7.35. The Hall–Kier alpha value is -3.33. The minimum absolute atomic E-state index is 0.0710. The molecule has 2 aromatic carbocycles. The summed E-state index contributed by atoms with van der Waals surface area (Å²) in [4.78, 5) is 12.9. The van der Waals surface area contributed by atoms with Crippen molar-refractivity contribution < 1.29 is 13.2 Å². The molecule has 28 heavy (non-hydrogen) atoms. The van der Waals surface area contributed by atoms with Crippen molar-refractivity contribution in [1.29, 1.82) is 5.26 Å². The molecule has 3 rings (SSSR count). The fraction of sp³-hybridized carbons (Fsp3) is 0.182. The maximum atomic E-state index is 13.5. The molecule has 0 N–H and O–H groups in total. The van der Waals surface area contributed by atoms with Crippen molar-refractivity contribution in [2.24, 2.45) is 0 Å². The molecule has 0 fully saturated rings. The number of nitriles is 1. The van der Waals surface area contributed by atoms with Crippen molar-refractivity contribution >= 4 is 0 Å². The number of pyridine rings is 1. The molecule has 0 saturated carbocycles. The van der Waals surface area contributed by atoms with Crippen LogP contribution in [0.2, 0.25) is 0 Å². The Labute approximate surface area is 160 Å². The van der Waals surface area contributed by atoms with E-state index in [-0.39, 0.29) is 12.2 Å². The lowest BCUT2D eigenvalue weighted by Gasteiger charge is -2.18. The van der Waals surface area contributed by atoms with Gasteiger partial charge in [0, 0.05) is 0 Å². The molecular weight excluding hydrogens is 365 g/mol. The molecular formula is C22H17F3N2O. The van der Waals surface area contributed by atoms with Crippen LogP contribution in [0.25, 0.3) is 11.3 Å². The van der Waals surface area contributed by atoms with Crippen LogP contribution in [0.15, 0.2) is 59.4 Å². The molecule has 0 aliphatic heterocycles. The van der Waals surface area contributed by atoms with E-state index in [4.69, 9.17) is 0 Å². The van der Waals surface area contributed by atoms with Gasteiger partial charge in [-0.1, -0.05) is 48.0 Å². The zero-order valence-electron chi connectivity index (χ0n) is 15.3. The summed E-state index contributed by atoms with van der Waals surface area (Å²) in [5, 5.41) is 9.25. The van der Waals surface area contributed by atoms with Gasteiger partial charge in [-0.2, -0.15) is 18.4 Å². The Morgan fingerprint density at radius 1 is 1.04 bits per heavy atom. The topological polar surface area (TPSA) is 45.8 Å². The highest BCUT2D eigenvalue weighted by Crippen LogP contribution is 2.34. The first kappa shape index (κ1) is 19.4. The molecule has 0 amide bonds. The summed E-state index contributed by atoms with van der Waals surface area (Å²) >= 11 is 0. The van der Waals surface area contributed by atoms with E-state index in [0.29, 0.717) is 5.56 Å². The summed E-state index contributed by atoms with van der Waals surface area (Å²) in [5.41, 5.74) is 0.117. The molecule has 0 radical (unpaired) electrons. The van der Waals surface area contributed by atoms with Crippen LogP contribution in [-0.2, 0) is 12.7 Å². The Balaban J connectivity index is 2.35. The molecule has 0 atom stereocenters. The maximum Gasteiger partial charge on any atom is 0.417 e. The fourth-order valence-electron chi connectivity index (χ4n) is 3.14. The summed E-state index contributed by atoms with van der Waals surface area (Å²) in [7, 11) is 0. The molecule has 142 valence electrons. The Morgan fingerprint density at radius 3 is 2.36 bits per heavy atom. The van der Waals surface area contributed by atoms with Crippen molar-refractivity contribution in [2.45, 2.75) is 26.6 Å². The monoisotopic (exact) mass is 382 g/mol. The SMILES string of the molecule is Cc1cccc(-c2cc(C(F)(F)F)c(C#N)c(=O)n2Cc2ccccc2C)c1. The zero-order chi connectivity index (χ0) is 20.5. The van der Waals surface area contributed by atoms with Gasteiger partial charge >= 0.3 is 6.18 Å². The van der Waals surface area contributed by atoms with E-state index in [1.807, 2.05) is 38.1 Å². The number of aromatic nitrogens is 1. The van der Waals surface area contributed by atoms with Crippen LogP contribution in [-0.4, -0.2) is 4.57 Å². The fourth-order valence-corrected chi connectivity index (χ4v) is 3.14. The van der Waals surface area contributed by atoms with Gasteiger partial charge in [-0.3, -0.25) is 4.79 Å². The highest BCUT2D eigenvalue weighted by molar-refractivity contribution is 5.63. The minimum atomic E-state index is -4.80. The van der Waals surface area contributed by atoms with Gasteiger partial charge in [0.1, 0.15) is 11.6 Å². The van der Waals surface area contributed by atoms with E-state index in [2.05, 4.69) is 0 Å². The average molecular weight is 382 g/mol. The Morgan fingerprint density at radius 2 is 1.75 bits per heavy atom. The molecule has 1 aromatic heterocycles. The van der Waals surface area contributed by atoms with Gasteiger partial charge in [0.2, 0.25) is 0 Å². The van der Waals surface area contributed by atoms with Gasteiger partial charge in [-0.25, -0.2) is 0 Å². The number of halogens is 3. The maximum absolute atomic E-state index is 13.5. The molecule has 3 nitrogen and oxygen atoms in total. The predicted octanol–water partition coefficient (Wildman–Crippen LogP) is 5.07. The van der Waals surface area contributed by atoms with Crippen molar-refractivity contribution in [3.05, 3.63) is 92.8 Å². The predicted molar refractivity (Wildman–Crippen MR) is 101 cm³/mol. The number of benzene rings is 2. The van der Waals surface area contributed by atoms with Crippen molar-refractivity contribution in [3.8, 4) is 17.3 Å². The quantitative estimate of drug-likeness (QED) is 0.635. The van der Waals surface area contributed by atoms with Gasteiger partial charge in [-0.15, -0.1) is 0 Å². The van der Waals surface area contributed by atoms with E-state index >= 15 is 0 Å². The Kier molecular flexibility index (Phi) is 5.10. The number of hydrogen-bond donors (Lipinski definition) is 0. The third-order valence-electron chi connectivity index (χ3n) is 4.62. The molecule has 1 heterocycles. The lowest BCUT2D eigenvalue weighted by molar-refractivity contribution is -0.137. The first-order valence-electron chi connectivity index (χ1n) is 8.59. The van der Waals surface area contributed by atoms with Crippen molar-refractivity contribution in [1.82, 2.24) is 4.57 Å². The summed E-state index contributed by atoms with van der Waals surface area (Å²) in [5.74, 6) is 0. The molecule has 0 bridgehead atoms. The molecule has 0 aliphatic rings. The Bertz CT molecular complexity index is 1140. The zero-order valence-corrected chi connectivity index (χ0v) is 15.3. The van der Waals surface area contributed by atoms with Crippen LogP contribution in [0.1, 0.15) is 27.8 Å². The standard InChI is InChI=1S/C22H17F3N2O/c1-14-6-5-9-16(10-14)20-11-19(22(23,24)25)18(12-26)21(28)27(20)13-17-8-4-3-7-15(17)2/h3-11H,13H2,1-2H3. The third kappa shape index (κ3) is 3.70. The normalized spacial score (nSPS) is 11.3. The van der Waals surface area contributed by atoms with Crippen LogP contribution < -0.4 is 5.56 Å². The van der Waals surface area contributed by atoms with Gasteiger partial charge in [0.05, 0.1) is 17.8 Å². The third-order valence-corrected chi connectivity index (χ3v) is 4.62. The lowest BCUT2D eigenvalue weighted by Crippen LogP contribution is -2.29. The number of alkyl halides is 3. The van der Waals surface area contributed by atoms with E-state index in [9.17, 15) is 23.2 Å². The van der Waals surface area contributed by atoms with E-state index < -0.39 is 22.9 Å². The van der Waals surface area contributed by atoms with Crippen LogP contribution >= 0.6 is 0 Å². The molecule has 0 unspecified atom stereocenters. The van der Waals surface area contributed by atoms with Crippen molar-refractivity contribution in [3.63, 3.8) is 0 Å². The smallest absolute Gasteiger partial charge is 0.303 e. The second-order valence-electron chi connectivity index (χ2n) is 6.62. The summed E-state index contributed by atoms with van der Waals surface area (Å²) < 4.78 is 41.8. The first-order valence-corrected chi connectivity index (χ1v) is 8.59. The molecule has 0 spiro atoms. The van der Waals surface area contributed by atoms with Crippen LogP contribution in [0.5, 0.6) is 0 Å². The van der Waals surface area contributed by atoms with Gasteiger partial charge in [0.15, 0.2) is 0 Å². The summed E-state index contributed by atoms with van der Waals surface area (Å²) in [6, 6.07) is 16.6.